The Balaban J connectivity index is 1.27. The van der Waals surface area contributed by atoms with Gasteiger partial charge in [-0.25, -0.2) is 9.67 Å². The number of benzene rings is 1. The molecular weight excluding hydrogens is 446 g/mol. The first-order valence-electron chi connectivity index (χ1n) is 11.9. The van der Waals surface area contributed by atoms with Gasteiger partial charge in [0.1, 0.15) is 0 Å². The largest absolute Gasteiger partial charge is 0.389 e. The highest BCUT2D eigenvalue weighted by molar-refractivity contribution is 5.99. The number of aromatic nitrogens is 5. The van der Waals surface area contributed by atoms with Crippen LogP contribution in [0.2, 0.25) is 0 Å². The Labute approximate surface area is 202 Å². The third-order valence-electron chi connectivity index (χ3n) is 6.51. The molecule has 4 heterocycles. The number of aryl methyl sites for hydroxylation is 1. The molecule has 1 atom stereocenters. The van der Waals surface area contributed by atoms with Crippen molar-refractivity contribution in [2.75, 3.05) is 18.5 Å². The van der Waals surface area contributed by atoms with E-state index in [0.29, 0.717) is 42.9 Å². The van der Waals surface area contributed by atoms with E-state index in [1.165, 1.54) is 0 Å². The number of fused-ring (bicyclic) bond motifs is 1. The Morgan fingerprint density at radius 2 is 2.14 bits per heavy atom. The molecule has 1 saturated heterocycles. The van der Waals surface area contributed by atoms with Gasteiger partial charge in [0.15, 0.2) is 12.1 Å². The van der Waals surface area contributed by atoms with Crippen molar-refractivity contribution in [2.24, 2.45) is 0 Å². The minimum absolute atomic E-state index is 0.330. The molecule has 6 rings (SSSR count). The van der Waals surface area contributed by atoms with Gasteiger partial charge in [0, 0.05) is 64.8 Å². The zero-order valence-corrected chi connectivity index (χ0v) is 19.5. The Hall–Kier alpha value is -3.60. The van der Waals surface area contributed by atoms with E-state index in [-0.39, 0.29) is 0 Å². The highest BCUT2D eigenvalue weighted by Gasteiger charge is 2.31. The second-order valence-corrected chi connectivity index (χ2v) is 9.11. The second-order valence-electron chi connectivity index (χ2n) is 9.11. The quantitative estimate of drug-likeness (QED) is 0.376. The van der Waals surface area contributed by atoms with E-state index >= 15 is 0 Å². The van der Waals surface area contributed by atoms with Crippen LogP contribution in [-0.2, 0) is 17.9 Å². The van der Waals surface area contributed by atoms with Gasteiger partial charge >= 0.3 is 0 Å². The molecule has 35 heavy (non-hydrogen) atoms. The number of rotatable bonds is 8. The van der Waals surface area contributed by atoms with E-state index in [1.807, 2.05) is 36.7 Å². The summed E-state index contributed by atoms with van der Waals surface area (Å²) in [6.45, 7) is 4.25. The Kier molecular flexibility index (Phi) is 5.56. The highest BCUT2D eigenvalue weighted by atomic mass is 16.7. The maximum atomic E-state index is 11.5. The minimum atomic E-state index is -0.452. The van der Waals surface area contributed by atoms with Crippen molar-refractivity contribution >= 4 is 28.8 Å². The maximum Gasteiger partial charge on any atom is 0.229 e. The van der Waals surface area contributed by atoms with Gasteiger partial charge in [0.25, 0.3) is 0 Å². The van der Waals surface area contributed by atoms with Crippen molar-refractivity contribution in [1.29, 1.82) is 0 Å². The second kappa shape index (κ2) is 8.88. The molecule has 180 valence electrons. The molecule has 3 aromatic heterocycles. The monoisotopic (exact) mass is 473 g/mol. The maximum absolute atomic E-state index is 11.5. The van der Waals surface area contributed by atoms with Crippen molar-refractivity contribution in [1.82, 2.24) is 29.4 Å². The van der Waals surface area contributed by atoms with Crippen LogP contribution in [0.1, 0.15) is 47.3 Å². The van der Waals surface area contributed by atoms with Crippen molar-refractivity contribution in [2.45, 2.75) is 44.9 Å². The Morgan fingerprint density at radius 3 is 2.89 bits per heavy atom. The van der Waals surface area contributed by atoms with Crippen LogP contribution in [0.15, 0.2) is 42.9 Å². The average molecular weight is 474 g/mol. The summed E-state index contributed by atoms with van der Waals surface area (Å²) < 4.78 is 3.85. The lowest BCUT2D eigenvalue weighted by Crippen LogP contribution is -2.20. The summed E-state index contributed by atoms with van der Waals surface area (Å²) >= 11 is 0. The molecule has 2 N–H and O–H groups in total. The molecule has 1 unspecified atom stereocenters. The van der Waals surface area contributed by atoms with Crippen LogP contribution in [-0.4, -0.2) is 60.0 Å². The number of aliphatic hydroxyl groups excluding tert-OH is 1. The van der Waals surface area contributed by atoms with Gasteiger partial charge in [-0.05, 0) is 38.0 Å². The van der Waals surface area contributed by atoms with Crippen LogP contribution in [0.25, 0.3) is 16.7 Å². The van der Waals surface area contributed by atoms with E-state index < -0.39 is 6.10 Å². The number of anilines is 2. The standard InChI is InChI=1S/C25H27N7O3/c1-2-30-10-18(14-33)21-9-19(5-6-22(21)30)27-25-26-8-7-23(28-25)32-12-17(24(29-32)16-3-4-16)11-31-13-20(34)15-35-31/h5-10,12,14,16,20,34H,2-4,11,13,15H2,1H3,(H,26,27,28). The third kappa shape index (κ3) is 4.31. The van der Waals surface area contributed by atoms with E-state index in [4.69, 9.17) is 9.94 Å². The van der Waals surface area contributed by atoms with Gasteiger partial charge in [-0.2, -0.15) is 15.1 Å². The van der Waals surface area contributed by atoms with Crippen molar-refractivity contribution in [3.63, 3.8) is 0 Å². The van der Waals surface area contributed by atoms with Gasteiger partial charge in [-0.3, -0.25) is 9.63 Å². The molecule has 0 spiro atoms. The number of aliphatic hydroxyl groups is 1. The zero-order valence-electron chi connectivity index (χ0n) is 19.5. The van der Waals surface area contributed by atoms with Crippen molar-refractivity contribution in [3.05, 3.63) is 59.7 Å². The van der Waals surface area contributed by atoms with Crippen molar-refractivity contribution in [3.8, 4) is 5.82 Å². The summed E-state index contributed by atoms with van der Waals surface area (Å²) in [5.74, 6) is 1.57. The molecular formula is C25H27N7O3. The first kappa shape index (κ1) is 21.9. The van der Waals surface area contributed by atoms with E-state index in [0.717, 1.165) is 53.5 Å². The fourth-order valence-electron chi connectivity index (χ4n) is 4.62. The number of hydrogen-bond donors (Lipinski definition) is 2. The van der Waals surface area contributed by atoms with Gasteiger partial charge in [-0.15, -0.1) is 0 Å². The molecule has 10 nitrogen and oxygen atoms in total. The van der Waals surface area contributed by atoms with Crippen LogP contribution >= 0.6 is 0 Å². The first-order valence-corrected chi connectivity index (χ1v) is 11.9. The molecule has 1 aromatic carbocycles. The molecule has 1 saturated carbocycles. The molecule has 10 heteroatoms. The predicted octanol–water partition coefficient (Wildman–Crippen LogP) is 3.18. The molecule has 2 fully saturated rings. The number of aldehydes is 1. The van der Waals surface area contributed by atoms with Crippen molar-refractivity contribution < 1.29 is 14.7 Å². The fraction of sp³-hybridized carbons (Fsp3) is 0.360. The van der Waals surface area contributed by atoms with Crippen LogP contribution in [0.4, 0.5) is 11.6 Å². The molecule has 4 aromatic rings. The number of β-amino-alcohol motifs (C(OH)–C–C–N with tert-alkyl or cyclic N) is 1. The van der Waals surface area contributed by atoms with E-state index in [1.54, 1.807) is 15.9 Å². The normalized spacial score (nSPS) is 18.4. The minimum Gasteiger partial charge on any atom is -0.389 e. The molecule has 0 bridgehead atoms. The van der Waals surface area contributed by atoms with Gasteiger partial charge in [0.2, 0.25) is 5.95 Å². The summed E-state index contributed by atoms with van der Waals surface area (Å²) in [6.07, 6.45) is 8.27. The van der Waals surface area contributed by atoms with Crippen LogP contribution in [0, 0.1) is 0 Å². The topological polar surface area (TPSA) is 110 Å². The number of nitrogens with zero attached hydrogens (tertiary/aromatic N) is 6. The lowest BCUT2D eigenvalue weighted by molar-refractivity contribution is -0.118. The molecule has 1 aliphatic carbocycles. The molecule has 0 radical (unpaired) electrons. The summed E-state index contributed by atoms with van der Waals surface area (Å²) in [4.78, 5) is 26.2. The van der Waals surface area contributed by atoms with E-state index in [9.17, 15) is 9.90 Å². The SMILES string of the molecule is CCn1cc(C=O)c2cc(Nc3nccc(-n4cc(CN5CC(O)CO5)c(C5CC5)n4)n3)ccc21. The fourth-order valence-corrected chi connectivity index (χ4v) is 4.62. The highest BCUT2D eigenvalue weighted by Crippen LogP contribution is 2.41. The van der Waals surface area contributed by atoms with Crippen LogP contribution < -0.4 is 5.32 Å². The Bertz CT molecular complexity index is 1390. The number of nitrogens with one attached hydrogen (secondary N) is 1. The van der Waals surface area contributed by atoms with Gasteiger partial charge in [-0.1, -0.05) is 0 Å². The lowest BCUT2D eigenvalue weighted by atomic mass is 10.1. The molecule has 2 aliphatic rings. The van der Waals surface area contributed by atoms with Gasteiger partial charge in [0.05, 0.1) is 31.5 Å². The van der Waals surface area contributed by atoms with Gasteiger partial charge < -0.3 is 15.0 Å². The zero-order chi connectivity index (χ0) is 23.9. The first-order chi connectivity index (χ1) is 17.1. The Morgan fingerprint density at radius 1 is 1.26 bits per heavy atom. The number of carbonyl (C=O) groups excluding carboxylic acids is 1. The van der Waals surface area contributed by atoms with E-state index in [2.05, 4.69) is 26.8 Å². The summed E-state index contributed by atoms with van der Waals surface area (Å²) in [5, 5.41) is 20.6. The predicted molar refractivity (Wildman–Crippen MR) is 130 cm³/mol. The van der Waals surface area contributed by atoms with Crippen LogP contribution in [0.5, 0.6) is 0 Å². The summed E-state index contributed by atoms with van der Waals surface area (Å²) in [7, 11) is 0. The number of hydroxylamine groups is 2. The summed E-state index contributed by atoms with van der Waals surface area (Å²) in [6, 6.07) is 7.73. The average Bonchev–Trinajstić information content (AvgIpc) is 3.34. The lowest BCUT2D eigenvalue weighted by Gasteiger charge is -2.12. The van der Waals surface area contributed by atoms with Crippen LogP contribution in [0.3, 0.4) is 0 Å². The third-order valence-corrected chi connectivity index (χ3v) is 6.51. The summed E-state index contributed by atoms with van der Waals surface area (Å²) in [5.41, 5.74) is 4.63. The smallest absolute Gasteiger partial charge is 0.229 e. The number of carbonyl (C=O) groups is 1. The molecule has 1 aliphatic heterocycles. The molecule has 0 amide bonds. The number of hydrogen-bond acceptors (Lipinski definition) is 8.